The zero-order valence-corrected chi connectivity index (χ0v) is 12.0. The lowest BCUT2D eigenvalue weighted by Crippen LogP contribution is -1.93. The van der Waals surface area contributed by atoms with E-state index < -0.39 is 0 Å². The Morgan fingerprint density at radius 3 is 2.55 bits per heavy atom. The standard InChI is InChI=1S/C15H9Cl2FN2/c1-8-2-3-9(6-12(8)16)15-19-13-7-10(18)4-5-11(13)14(17)20-15/h2-7H,1H3. The minimum absolute atomic E-state index is 0.293. The van der Waals surface area contributed by atoms with Crippen LogP contribution in [0.5, 0.6) is 0 Å². The first kappa shape index (κ1) is 13.3. The summed E-state index contributed by atoms with van der Waals surface area (Å²) >= 11 is 12.2. The highest BCUT2D eigenvalue weighted by molar-refractivity contribution is 6.34. The van der Waals surface area contributed by atoms with Crippen molar-refractivity contribution in [1.29, 1.82) is 0 Å². The highest BCUT2D eigenvalue weighted by atomic mass is 35.5. The quantitative estimate of drug-likeness (QED) is 0.588. The predicted molar refractivity (Wildman–Crippen MR) is 79.7 cm³/mol. The molecule has 0 spiro atoms. The number of hydrogen-bond acceptors (Lipinski definition) is 2. The third-order valence-corrected chi connectivity index (χ3v) is 3.74. The summed E-state index contributed by atoms with van der Waals surface area (Å²) in [6, 6.07) is 9.75. The first-order chi connectivity index (χ1) is 9.54. The molecule has 2 aromatic carbocycles. The van der Waals surface area contributed by atoms with Gasteiger partial charge >= 0.3 is 0 Å². The fourth-order valence-corrected chi connectivity index (χ4v) is 2.35. The molecule has 1 heterocycles. The van der Waals surface area contributed by atoms with Crippen LogP contribution < -0.4 is 0 Å². The molecular weight excluding hydrogens is 298 g/mol. The van der Waals surface area contributed by atoms with Gasteiger partial charge in [-0.1, -0.05) is 35.3 Å². The van der Waals surface area contributed by atoms with Gasteiger partial charge < -0.3 is 0 Å². The van der Waals surface area contributed by atoms with Crippen molar-refractivity contribution in [3.63, 3.8) is 0 Å². The van der Waals surface area contributed by atoms with Crippen LogP contribution in [0, 0.1) is 12.7 Å². The molecule has 0 amide bonds. The minimum Gasteiger partial charge on any atom is -0.228 e. The Morgan fingerprint density at radius 1 is 1.00 bits per heavy atom. The van der Waals surface area contributed by atoms with Gasteiger partial charge in [-0.05, 0) is 30.7 Å². The van der Waals surface area contributed by atoms with Crippen LogP contribution in [-0.4, -0.2) is 9.97 Å². The van der Waals surface area contributed by atoms with Crippen molar-refractivity contribution < 1.29 is 4.39 Å². The van der Waals surface area contributed by atoms with E-state index in [1.54, 1.807) is 12.1 Å². The summed E-state index contributed by atoms with van der Waals surface area (Å²) in [5, 5.41) is 1.54. The highest BCUT2D eigenvalue weighted by Crippen LogP contribution is 2.27. The van der Waals surface area contributed by atoms with Gasteiger partial charge in [0.1, 0.15) is 11.0 Å². The average Bonchev–Trinajstić information content (AvgIpc) is 2.41. The molecule has 2 nitrogen and oxygen atoms in total. The van der Waals surface area contributed by atoms with Gasteiger partial charge in [0, 0.05) is 22.0 Å². The molecule has 0 saturated heterocycles. The van der Waals surface area contributed by atoms with Crippen LogP contribution in [0.3, 0.4) is 0 Å². The van der Waals surface area contributed by atoms with E-state index in [0.717, 1.165) is 11.1 Å². The monoisotopic (exact) mass is 306 g/mol. The van der Waals surface area contributed by atoms with Crippen molar-refractivity contribution in [1.82, 2.24) is 9.97 Å². The largest absolute Gasteiger partial charge is 0.228 e. The summed E-state index contributed by atoms with van der Waals surface area (Å²) in [5.74, 6) is 0.0650. The molecule has 0 saturated carbocycles. The van der Waals surface area contributed by atoms with E-state index in [1.165, 1.54) is 12.1 Å². The molecule has 3 rings (SSSR count). The van der Waals surface area contributed by atoms with Crippen molar-refractivity contribution in [2.75, 3.05) is 0 Å². The molecule has 5 heteroatoms. The average molecular weight is 307 g/mol. The summed E-state index contributed by atoms with van der Waals surface area (Å²) in [5.41, 5.74) is 2.18. The van der Waals surface area contributed by atoms with E-state index in [1.807, 2.05) is 19.1 Å². The number of rotatable bonds is 1. The Kier molecular flexibility index (Phi) is 3.32. The van der Waals surface area contributed by atoms with Gasteiger partial charge in [-0.25, -0.2) is 14.4 Å². The summed E-state index contributed by atoms with van der Waals surface area (Å²) in [4.78, 5) is 8.59. The van der Waals surface area contributed by atoms with Crippen molar-refractivity contribution in [3.05, 3.63) is 58.0 Å². The summed E-state index contributed by atoms with van der Waals surface area (Å²) in [6.07, 6.45) is 0. The topological polar surface area (TPSA) is 25.8 Å². The van der Waals surface area contributed by atoms with Crippen LogP contribution in [0.4, 0.5) is 4.39 Å². The Balaban J connectivity index is 2.23. The van der Waals surface area contributed by atoms with Gasteiger partial charge in [-0.3, -0.25) is 0 Å². The van der Waals surface area contributed by atoms with Crippen molar-refractivity contribution in [2.24, 2.45) is 0 Å². The predicted octanol–water partition coefficient (Wildman–Crippen LogP) is 5.05. The maximum atomic E-state index is 13.3. The lowest BCUT2D eigenvalue weighted by molar-refractivity contribution is 0.629. The number of aromatic nitrogens is 2. The van der Waals surface area contributed by atoms with Crippen LogP contribution in [0.1, 0.15) is 5.56 Å². The number of aryl methyl sites for hydroxylation is 1. The second kappa shape index (κ2) is 5.00. The van der Waals surface area contributed by atoms with Crippen LogP contribution in [0.2, 0.25) is 10.2 Å². The van der Waals surface area contributed by atoms with Crippen LogP contribution in [0.15, 0.2) is 36.4 Å². The first-order valence-electron chi connectivity index (χ1n) is 5.94. The van der Waals surface area contributed by atoms with E-state index in [-0.39, 0.29) is 5.82 Å². The number of benzene rings is 2. The Labute approximate surface area is 125 Å². The summed E-state index contributed by atoms with van der Waals surface area (Å²) < 4.78 is 13.3. The molecule has 0 aliphatic carbocycles. The van der Waals surface area contributed by atoms with Crippen LogP contribution in [-0.2, 0) is 0 Å². The van der Waals surface area contributed by atoms with Crippen LogP contribution >= 0.6 is 23.2 Å². The molecule has 0 radical (unpaired) electrons. The van der Waals surface area contributed by atoms with Gasteiger partial charge in [-0.2, -0.15) is 0 Å². The highest BCUT2D eigenvalue weighted by Gasteiger charge is 2.09. The molecule has 0 aliphatic rings. The molecule has 0 fully saturated rings. The van der Waals surface area contributed by atoms with Gasteiger partial charge in [-0.15, -0.1) is 0 Å². The Hall–Kier alpha value is -1.71. The second-order valence-electron chi connectivity index (χ2n) is 4.46. The minimum atomic E-state index is -0.361. The summed E-state index contributed by atoms with van der Waals surface area (Å²) in [7, 11) is 0. The molecule has 3 aromatic rings. The smallest absolute Gasteiger partial charge is 0.161 e. The van der Waals surface area contributed by atoms with E-state index in [2.05, 4.69) is 9.97 Å². The maximum Gasteiger partial charge on any atom is 0.161 e. The molecule has 1 aromatic heterocycles. The van der Waals surface area contributed by atoms with E-state index in [0.29, 0.717) is 26.9 Å². The lowest BCUT2D eigenvalue weighted by Gasteiger charge is -2.06. The van der Waals surface area contributed by atoms with Gasteiger partial charge in [0.25, 0.3) is 0 Å². The molecule has 0 atom stereocenters. The molecule has 0 bridgehead atoms. The zero-order valence-electron chi connectivity index (χ0n) is 10.5. The van der Waals surface area contributed by atoms with Gasteiger partial charge in [0.05, 0.1) is 5.52 Å². The van der Waals surface area contributed by atoms with E-state index in [4.69, 9.17) is 23.2 Å². The van der Waals surface area contributed by atoms with Crippen molar-refractivity contribution in [2.45, 2.75) is 6.92 Å². The van der Waals surface area contributed by atoms with Crippen molar-refractivity contribution in [3.8, 4) is 11.4 Å². The number of halogens is 3. The molecule has 0 unspecified atom stereocenters. The maximum absolute atomic E-state index is 13.3. The second-order valence-corrected chi connectivity index (χ2v) is 5.23. The zero-order chi connectivity index (χ0) is 14.3. The lowest BCUT2D eigenvalue weighted by atomic mass is 10.1. The Bertz CT molecular complexity index is 818. The van der Waals surface area contributed by atoms with E-state index in [9.17, 15) is 4.39 Å². The Morgan fingerprint density at radius 2 is 1.80 bits per heavy atom. The molecular formula is C15H9Cl2FN2. The third-order valence-electron chi connectivity index (χ3n) is 3.04. The fraction of sp³-hybridized carbons (Fsp3) is 0.0667. The van der Waals surface area contributed by atoms with Gasteiger partial charge in [0.15, 0.2) is 5.82 Å². The fourth-order valence-electron chi connectivity index (χ4n) is 1.93. The van der Waals surface area contributed by atoms with Crippen molar-refractivity contribution >= 4 is 34.1 Å². The number of hydrogen-bond donors (Lipinski definition) is 0. The van der Waals surface area contributed by atoms with E-state index >= 15 is 0 Å². The molecule has 100 valence electrons. The number of fused-ring (bicyclic) bond motifs is 1. The third kappa shape index (κ3) is 2.35. The molecule has 0 N–H and O–H groups in total. The molecule has 20 heavy (non-hydrogen) atoms. The summed E-state index contributed by atoms with van der Waals surface area (Å²) in [6.45, 7) is 1.91. The van der Waals surface area contributed by atoms with Gasteiger partial charge in [0.2, 0.25) is 0 Å². The molecule has 0 aliphatic heterocycles. The first-order valence-corrected chi connectivity index (χ1v) is 6.69. The normalized spacial score (nSPS) is 11.0. The van der Waals surface area contributed by atoms with Crippen LogP contribution in [0.25, 0.3) is 22.3 Å². The number of nitrogens with zero attached hydrogens (tertiary/aromatic N) is 2. The SMILES string of the molecule is Cc1ccc(-c2nc(Cl)c3ccc(F)cc3n2)cc1Cl.